The number of carboxylic acid groups (broad SMARTS) is 1. The van der Waals surface area contributed by atoms with E-state index in [1.165, 1.54) is 7.11 Å². The first-order valence-electron chi connectivity index (χ1n) is 6.60. The minimum absolute atomic E-state index is 0.248. The van der Waals surface area contributed by atoms with Crippen LogP contribution >= 0.6 is 0 Å². The standard InChI is InChI=1S/C15H21NO4/c1-10(2)4-9-13(17)16-14(15(18)19)11-5-7-12(20-3)8-6-11/h5-8,10,14H,4,9H2,1-3H3,(H,16,17)(H,18,19). The molecule has 2 N–H and O–H groups in total. The molecule has 0 spiro atoms. The van der Waals surface area contributed by atoms with E-state index >= 15 is 0 Å². The monoisotopic (exact) mass is 279 g/mol. The Labute approximate surface area is 118 Å². The number of hydrogen-bond donors (Lipinski definition) is 2. The van der Waals surface area contributed by atoms with Gasteiger partial charge in [-0.25, -0.2) is 4.79 Å². The van der Waals surface area contributed by atoms with Crippen molar-refractivity contribution in [2.45, 2.75) is 32.7 Å². The lowest BCUT2D eigenvalue weighted by Gasteiger charge is -2.15. The van der Waals surface area contributed by atoms with Crippen molar-refractivity contribution in [3.05, 3.63) is 29.8 Å². The van der Waals surface area contributed by atoms with E-state index in [4.69, 9.17) is 4.74 Å². The fourth-order valence-electron chi connectivity index (χ4n) is 1.74. The Morgan fingerprint density at radius 2 is 1.85 bits per heavy atom. The van der Waals surface area contributed by atoms with Gasteiger partial charge in [0.1, 0.15) is 5.75 Å². The predicted molar refractivity (Wildman–Crippen MR) is 75.6 cm³/mol. The highest BCUT2D eigenvalue weighted by molar-refractivity contribution is 5.84. The molecule has 0 radical (unpaired) electrons. The molecule has 1 atom stereocenters. The average Bonchev–Trinajstić information content (AvgIpc) is 2.42. The quantitative estimate of drug-likeness (QED) is 0.803. The predicted octanol–water partition coefficient (Wildman–Crippen LogP) is 2.37. The molecule has 0 aliphatic carbocycles. The zero-order valence-corrected chi connectivity index (χ0v) is 12.1. The molecule has 0 fully saturated rings. The van der Waals surface area contributed by atoms with Crippen molar-refractivity contribution in [3.63, 3.8) is 0 Å². The van der Waals surface area contributed by atoms with Gasteiger partial charge in [-0.15, -0.1) is 0 Å². The summed E-state index contributed by atoms with van der Waals surface area (Å²) in [7, 11) is 1.54. The molecule has 0 saturated heterocycles. The summed E-state index contributed by atoms with van der Waals surface area (Å²) in [5.74, 6) is -0.274. The van der Waals surface area contributed by atoms with Gasteiger partial charge in [0.2, 0.25) is 5.91 Å². The van der Waals surface area contributed by atoms with Crippen LogP contribution in [0.1, 0.15) is 38.3 Å². The van der Waals surface area contributed by atoms with E-state index in [2.05, 4.69) is 5.32 Å². The van der Waals surface area contributed by atoms with E-state index in [-0.39, 0.29) is 5.91 Å². The second-order valence-electron chi connectivity index (χ2n) is 5.04. The van der Waals surface area contributed by atoms with Gasteiger partial charge >= 0.3 is 5.97 Å². The largest absolute Gasteiger partial charge is 0.497 e. The molecule has 0 aromatic heterocycles. The summed E-state index contributed by atoms with van der Waals surface area (Å²) in [6, 6.07) is 5.60. The molecule has 1 aromatic rings. The summed E-state index contributed by atoms with van der Waals surface area (Å²) in [4.78, 5) is 23.0. The minimum Gasteiger partial charge on any atom is -0.497 e. The number of rotatable bonds is 7. The van der Waals surface area contributed by atoms with Crippen molar-refractivity contribution in [3.8, 4) is 5.75 Å². The van der Waals surface area contributed by atoms with Crippen LogP contribution in [-0.2, 0) is 9.59 Å². The van der Waals surface area contributed by atoms with Crippen molar-refractivity contribution < 1.29 is 19.4 Å². The van der Waals surface area contributed by atoms with E-state index in [9.17, 15) is 14.7 Å². The number of aliphatic carboxylic acids is 1. The van der Waals surface area contributed by atoms with E-state index in [0.717, 1.165) is 6.42 Å². The van der Waals surface area contributed by atoms with Crippen LogP contribution in [-0.4, -0.2) is 24.1 Å². The molecule has 0 aliphatic heterocycles. The van der Waals surface area contributed by atoms with Gasteiger partial charge in [-0.2, -0.15) is 0 Å². The van der Waals surface area contributed by atoms with Crippen molar-refractivity contribution >= 4 is 11.9 Å². The molecule has 1 amide bonds. The zero-order valence-electron chi connectivity index (χ0n) is 12.1. The Balaban J connectivity index is 2.73. The number of carbonyl (C=O) groups is 2. The average molecular weight is 279 g/mol. The summed E-state index contributed by atoms with van der Waals surface area (Å²) in [5.41, 5.74) is 0.524. The van der Waals surface area contributed by atoms with Gasteiger partial charge in [-0.1, -0.05) is 26.0 Å². The lowest BCUT2D eigenvalue weighted by Crippen LogP contribution is -2.33. The van der Waals surface area contributed by atoms with Gasteiger partial charge in [-0.05, 0) is 30.0 Å². The van der Waals surface area contributed by atoms with E-state index in [1.54, 1.807) is 24.3 Å². The molecule has 0 saturated carbocycles. The van der Waals surface area contributed by atoms with E-state index in [1.807, 2.05) is 13.8 Å². The SMILES string of the molecule is COc1ccc(C(NC(=O)CCC(C)C)C(=O)O)cc1. The first kappa shape index (κ1) is 16.0. The van der Waals surface area contributed by atoms with Gasteiger partial charge in [0.25, 0.3) is 0 Å². The molecule has 110 valence electrons. The number of nitrogens with one attached hydrogen (secondary N) is 1. The van der Waals surface area contributed by atoms with Crippen LogP contribution in [0.4, 0.5) is 0 Å². The zero-order chi connectivity index (χ0) is 15.1. The molecule has 20 heavy (non-hydrogen) atoms. The van der Waals surface area contributed by atoms with Gasteiger partial charge in [0.05, 0.1) is 7.11 Å². The van der Waals surface area contributed by atoms with Crippen molar-refractivity contribution in [2.75, 3.05) is 7.11 Å². The molecule has 1 unspecified atom stereocenters. The fourth-order valence-corrected chi connectivity index (χ4v) is 1.74. The second kappa shape index (κ2) is 7.53. The molecule has 0 heterocycles. The van der Waals surface area contributed by atoms with Crippen LogP contribution in [0.15, 0.2) is 24.3 Å². The molecule has 5 heteroatoms. The third-order valence-electron chi connectivity index (χ3n) is 2.95. The number of hydrogen-bond acceptors (Lipinski definition) is 3. The third-order valence-corrected chi connectivity index (χ3v) is 2.95. The number of carboxylic acids is 1. The Morgan fingerprint density at radius 3 is 2.30 bits per heavy atom. The van der Waals surface area contributed by atoms with Crippen LogP contribution in [0.3, 0.4) is 0 Å². The topological polar surface area (TPSA) is 75.6 Å². The van der Waals surface area contributed by atoms with Crippen LogP contribution in [0.2, 0.25) is 0 Å². The number of ether oxygens (including phenoxy) is 1. The molecule has 1 rings (SSSR count). The van der Waals surface area contributed by atoms with E-state index in [0.29, 0.717) is 23.7 Å². The van der Waals surface area contributed by atoms with Crippen molar-refractivity contribution in [1.29, 1.82) is 0 Å². The lowest BCUT2D eigenvalue weighted by molar-refractivity contribution is -0.142. The number of carbonyl (C=O) groups excluding carboxylic acids is 1. The van der Waals surface area contributed by atoms with Crippen LogP contribution in [0, 0.1) is 5.92 Å². The third kappa shape index (κ3) is 4.91. The maximum absolute atomic E-state index is 11.8. The molecular weight excluding hydrogens is 258 g/mol. The highest BCUT2D eigenvalue weighted by Gasteiger charge is 2.21. The van der Waals surface area contributed by atoms with E-state index < -0.39 is 12.0 Å². The summed E-state index contributed by atoms with van der Waals surface area (Å²) in [5, 5.41) is 11.8. The van der Waals surface area contributed by atoms with Crippen LogP contribution < -0.4 is 10.1 Å². The Morgan fingerprint density at radius 1 is 1.25 bits per heavy atom. The molecule has 5 nitrogen and oxygen atoms in total. The normalized spacial score (nSPS) is 12.0. The van der Waals surface area contributed by atoms with Crippen molar-refractivity contribution in [2.24, 2.45) is 5.92 Å². The summed E-state index contributed by atoms with van der Waals surface area (Å²) in [6.45, 7) is 4.04. The first-order valence-corrected chi connectivity index (χ1v) is 6.60. The maximum Gasteiger partial charge on any atom is 0.330 e. The second-order valence-corrected chi connectivity index (χ2v) is 5.04. The van der Waals surface area contributed by atoms with Crippen LogP contribution in [0.25, 0.3) is 0 Å². The number of benzene rings is 1. The number of amides is 1. The highest BCUT2D eigenvalue weighted by atomic mass is 16.5. The Hall–Kier alpha value is -2.04. The Bertz CT molecular complexity index is 453. The lowest BCUT2D eigenvalue weighted by atomic mass is 10.1. The number of methoxy groups -OCH3 is 1. The minimum atomic E-state index is -1.08. The summed E-state index contributed by atoms with van der Waals surface area (Å²) >= 11 is 0. The molecule has 0 bridgehead atoms. The van der Waals surface area contributed by atoms with Gasteiger partial charge in [-0.3, -0.25) is 4.79 Å². The first-order chi connectivity index (χ1) is 9.43. The Kier molecular flexibility index (Phi) is 6.03. The van der Waals surface area contributed by atoms with Crippen LogP contribution in [0.5, 0.6) is 5.75 Å². The van der Waals surface area contributed by atoms with Gasteiger partial charge < -0.3 is 15.2 Å². The molecule has 1 aromatic carbocycles. The maximum atomic E-state index is 11.8. The van der Waals surface area contributed by atoms with Gasteiger partial charge in [0.15, 0.2) is 6.04 Å². The van der Waals surface area contributed by atoms with Gasteiger partial charge in [0, 0.05) is 6.42 Å². The molecule has 0 aliphatic rings. The highest BCUT2D eigenvalue weighted by Crippen LogP contribution is 2.18. The van der Waals surface area contributed by atoms with Crippen molar-refractivity contribution in [1.82, 2.24) is 5.32 Å². The smallest absolute Gasteiger partial charge is 0.330 e. The fraction of sp³-hybridized carbons (Fsp3) is 0.467. The molecular formula is C15H21NO4. The summed E-state index contributed by atoms with van der Waals surface area (Å²) in [6.07, 6.45) is 1.07. The summed E-state index contributed by atoms with van der Waals surface area (Å²) < 4.78 is 5.02.